The molecule has 1 heterocycles. The molecule has 17 heavy (non-hydrogen) atoms. The third-order valence-corrected chi connectivity index (χ3v) is 3.09. The van der Waals surface area contributed by atoms with Crippen molar-refractivity contribution < 1.29 is 14.3 Å². The molecule has 92 valence electrons. The number of ether oxygens (including phenoxy) is 2. The molecule has 1 aliphatic heterocycles. The molecule has 3 heteroatoms. The molecule has 0 aliphatic carbocycles. The Hall–Kier alpha value is -1.51. The van der Waals surface area contributed by atoms with Crippen LogP contribution >= 0.6 is 0 Å². The van der Waals surface area contributed by atoms with E-state index in [2.05, 4.69) is 6.07 Å². The monoisotopic (exact) mass is 234 g/mol. The average molecular weight is 234 g/mol. The van der Waals surface area contributed by atoms with Crippen molar-refractivity contribution >= 4 is 5.97 Å². The number of esters is 1. The number of carbonyl (C=O) groups excluding carboxylic acids is 1. The van der Waals surface area contributed by atoms with Crippen molar-refractivity contribution in [3.05, 3.63) is 28.8 Å². The van der Waals surface area contributed by atoms with Crippen LogP contribution in [0, 0.1) is 13.8 Å². The summed E-state index contributed by atoms with van der Waals surface area (Å²) in [5.41, 5.74) is 3.32. The van der Waals surface area contributed by atoms with Crippen LogP contribution in [0.5, 0.6) is 5.75 Å². The van der Waals surface area contributed by atoms with Gasteiger partial charge in [-0.1, -0.05) is 0 Å². The summed E-state index contributed by atoms with van der Waals surface area (Å²) in [6.45, 7) is 6.69. The molecule has 2 rings (SSSR count). The van der Waals surface area contributed by atoms with Crippen molar-refractivity contribution in [2.45, 2.75) is 39.7 Å². The van der Waals surface area contributed by atoms with Crippen LogP contribution in [0.1, 0.15) is 42.6 Å². The highest BCUT2D eigenvalue weighted by Crippen LogP contribution is 2.34. The Morgan fingerprint density at radius 3 is 2.71 bits per heavy atom. The molecule has 1 aromatic carbocycles. The maximum atomic E-state index is 11.1. The SMILES string of the molecule is CCOc1cc(C)c(C2CCC(=O)O2)cc1C. The van der Waals surface area contributed by atoms with Crippen LogP contribution in [-0.4, -0.2) is 12.6 Å². The van der Waals surface area contributed by atoms with Crippen LogP contribution in [0.15, 0.2) is 12.1 Å². The van der Waals surface area contributed by atoms with E-state index in [0.29, 0.717) is 13.0 Å². The molecule has 1 fully saturated rings. The highest BCUT2D eigenvalue weighted by atomic mass is 16.5. The van der Waals surface area contributed by atoms with Gasteiger partial charge in [0.1, 0.15) is 11.9 Å². The van der Waals surface area contributed by atoms with Gasteiger partial charge in [-0.25, -0.2) is 0 Å². The zero-order valence-electron chi connectivity index (χ0n) is 10.6. The summed E-state index contributed by atoms with van der Waals surface area (Å²) >= 11 is 0. The zero-order chi connectivity index (χ0) is 12.4. The minimum absolute atomic E-state index is 0.0723. The third-order valence-electron chi connectivity index (χ3n) is 3.09. The predicted octanol–water partition coefficient (Wildman–Crippen LogP) is 3.08. The van der Waals surface area contributed by atoms with E-state index < -0.39 is 0 Å². The standard InChI is InChI=1S/C14H18O3/c1-4-16-13-8-9(2)11(7-10(13)3)12-5-6-14(15)17-12/h7-8,12H,4-6H2,1-3H3. The number of hydrogen-bond donors (Lipinski definition) is 0. The summed E-state index contributed by atoms with van der Waals surface area (Å²) in [6.07, 6.45) is 1.24. The van der Waals surface area contributed by atoms with E-state index in [1.165, 1.54) is 0 Å². The van der Waals surface area contributed by atoms with Gasteiger partial charge in [-0.15, -0.1) is 0 Å². The van der Waals surface area contributed by atoms with E-state index >= 15 is 0 Å². The Morgan fingerprint density at radius 2 is 2.12 bits per heavy atom. The van der Waals surface area contributed by atoms with Crippen LogP contribution in [0.4, 0.5) is 0 Å². The fraction of sp³-hybridized carbons (Fsp3) is 0.500. The second-order valence-corrected chi connectivity index (χ2v) is 4.42. The molecule has 3 nitrogen and oxygen atoms in total. The summed E-state index contributed by atoms with van der Waals surface area (Å²) in [6, 6.07) is 4.10. The Bertz CT molecular complexity index is 437. The first-order valence-electron chi connectivity index (χ1n) is 6.05. The topological polar surface area (TPSA) is 35.5 Å². The van der Waals surface area contributed by atoms with Crippen molar-refractivity contribution in [2.75, 3.05) is 6.61 Å². The molecule has 0 bridgehead atoms. The van der Waals surface area contributed by atoms with Gasteiger partial charge in [0, 0.05) is 6.42 Å². The summed E-state index contributed by atoms with van der Waals surface area (Å²) in [5, 5.41) is 0. The highest BCUT2D eigenvalue weighted by Gasteiger charge is 2.26. The van der Waals surface area contributed by atoms with Gasteiger partial charge in [0.2, 0.25) is 0 Å². The van der Waals surface area contributed by atoms with E-state index in [9.17, 15) is 4.79 Å². The number of aryl methyl sites for hydroxylation is 2. The Kier molecular flexibility index (Phi) is 3.36. The number of carbonyl (C=O) groups is 1. The van der Waals surface area contributed by atoms with Crippen molar-refractivity contribution in [3.8, 4) is 5.75 Å². The first kappa shape index (κ1) is 12.0. The molecule has 0 N–H and O–H groups in total. The largest absolute Gasteiger partial charge is 0.494 e. The minimum atomic E-state index is -0.0964. The van der Waals surface area contributed by atoms with Gasteiger partial charge in [0.15, 0.2) is 0 Å². The molecule has 1 atom stereocenters. The lowest BCUT2D eigenvalue weighted by Gasteiger charge is -2.16. The molecule has 0 amide bonds. The van der Waals surface area contributed by atoms with E-state index in [1.54, 1.807) is 0 Å². The molecule has 1 saturated heterocycles. The maximum absolute atomic E-state index is 11.1. The smallest absolute Gasteiger partial charge is 0.306 e. The second-order valence-electron chi connectivity index (χ2n) is 4.42. The number of hydrogen-bond acceptors (Lipinski definition) is 3. The first-order chi connectivity index (χ1) is 8.11. The fourth-order valence-corrected chi connectivity index (χ4v) is 2.21. The fourth-order valence-electron chi connectivity index (χ4n) is 2.21. The quantitative estimate of drug-likeness (QED) is 0.754. The minimum Gasteiger partial charge on any atom is -0.494 e. The molecule has 0 saturated carbocycles. The molecule has 1 unspecified atom stereocenters. The highest BCUT2D eigenvalue weighted by molar-refractivity contribution is 5.72. The van der Waals surface area contributed by atoms with E-state index in [-0.39, 0.29) is 12.1 Å². The lowest BCUT2D eigenvalue weighted by molar-refractivity contribution is -0.141. The van der Waals surface area contributed by atoms with Crippen LogP contribution in [0.3, 0.4) is 0 Å². The van der Waals surface area contributed by atoms with E-state index in [1.807, 2.05) is 26.8 Å². The van der Waals surface area contributed by atoms with Crippen LogP contribution in [0.25, 0.3) is 0 Å². The van der Waals surface area contributed by atoms with Crippen molar-refractivity contribution in [3.63, 3.8) is 0 Å². The molecule has 0 spiro atoms. The predicted molar refractivity (Wildman–Crippen MR) is 65.2 cm³/mol. The Morgan fingerprint density at radius 1 is 1.35 bits per heavy atom. The molecular weight excluding hydrogens is 216 g/mol. The van der Waals surface area contributed by atoms with Crippen molar-refractivity contribution in [1.82, 2.24) is 0 Å². The van der Waals surface area contributed by atoms with E-state index in [4.69, 9.17) is 9.47 Å². The number of cyclic esters (lactones) is 1. The zero-order valence-corrected chi connectivity index (χ0v) is 10.6. The molecule has 1 aromatic rings. The van der Waals surface area contributed by atoms with Crippen molar-refractivity contribution in [1.29, 1.82) is 0 Å². The first-order valence-corrected chi connectivity index (χ1v) is 6.05. The van der Waals surface area contributed by atoms with Gasteiger partial charge in [-0.05, 0) is 56.0 Å². The molecule has 1 aliphatic rings. The van der Waals surface area contributed by atoms with Gasteiger partial charge < -0.3 is 9.47 Å². The maximum Gasteiger partial charge on any atom is 0.306 e. The van der Waals surface area contributed by atoms with Crippen LogP contribution < -0.4 is 4.74 Å². The molecule has 0 aromatic heterocycles. The lowest BCUT2D eigenvalue weighted by Crippen LogP contribution is -2.03. The van der Waals surface area contributed by atoms with Gasteiger partial charge in [0.25, 0.3) is 0 Å². The average Bonchev–Trinajstić information content (AvgIpc) is 2.70. The molecule has 0 radical (unpaired) electrons. The third kappa shape index (κ3) is 2.43. The summed E-state index contributed by atoms with van der Waals surface area (Å²) in [4.78, 5) is 11.1. The Balaban J connectivity index is 2.29. The van der Waals surface area contributed by atoms with Gasteiger partial charge in [0.05, 0.1) is 6.61 Å². The lowest BCUT2D eigenvalue weighted by atomic mass is 9.98. The second kappa shape index (κ2) is 4.78. The van der Waals surface area contributed by atoms with Crippen LogP contribution in [-0.2, 0) is 9.53 Å². The van der Waals surface area contributed by atoms with Gasteiger partial charge in [-0.3, -0.25) is 4.79 Å². The van der Waals surface area contributed by atoms with Crippen molar-refractivity contribution in [2.24, 2.45) is 0 Å². The summed E-state index contributed by atoms with van der Waals surface area (Å²) < 4.78 is 10.9. The van der Waals surface area contributed by atoms with Gasteiger partial charge >= 0.3 is 5.97 Å². The number of benzene rings is 1. The van der Waals surface area contributed by atoms with Gasteiger partial charge in [-0.2, -0.15) is 0 Å². The Labute approximate surface area is 102 Å². The number of rotatable bonds is 3. The van der Waals surface area contributed by atoms with Crippen LogP contribution in [0.2, 0.25) is 0 Å². The summed E-state index contributed by atoms with van der Waals surface area (Å²) in [7, 11) is 0. The normalized spacial score (nSPS) is 19.2. The summed E-state index contributed by atoms with van der Waals surface area (Å²) in [5.74, 6) is 0.819. The molecular formula is C14H18O3. The van der Waals surface area contributed by atoms with E-state index in [0.717, 1.165) is 28.9 Å².